The number of amides is 1. The van der Waals surface area contributed by atoms with E-state index in [9.17, 15) is 14.4 Å². The zero-order valence-corrected chi connectivity index (χ0v) is 16.5. The van der Waals surface area contributed by atoms with Crippen molar-refractivity contribution in [3.05, 3.63) is 81.8 Å². The van der Waals surface area contributed by atoms with E-state index < -0.39 is 23.3 Å². The summed E-state index contributed by atoms with van der Waals surface area (Å²) in [5, 5.41) is 12.0. The summed E-state index contributed by atoms with van der Waals surface area (Å²) in [6, 6.07) is 11.9. The fourth-order valence-electron chi connectivity index (χ4n) is 2.82. The van der Waals surface area contributed by atoms with Gasteiger partial charge in [0, 0.05) is 11.9 Å². The van der Waals surface area contributed by atoms with Crippen LogP contribution >= 0.6 is 11.6 Å². The van der Waals surface area contributed by atoms with Gasteiger partial charge in [0.25, 0.3) is 5.56 Å². The Bertz CT molecular complexity index is 1350. The Morgan fingerprint density at radius 1 is 1.23 bits per heavy atom. The molecule has 11 heteroatoms. The van der Waals surface area contributed by atoms with Gasteiger partial charge in [-0.05, 0) is 24.3 Å². The second-order valence-corrected chi connectivity index (χ2v) is 6.79. The number of carbonyl (C=O) groups is 2. The van der Waals surface area contributed by atoms with Gasteiger partial charge in [0.15, 0.2) is 0 Å². The van der Waals surface area contributed by atoms with Gasteiger partial charge in [0.1, 0.15) is 6.61 Å². The molecule has 156 valence electrons. The number of rotatable bonds is 5. The molecular formula is C20H14ClN5O5. The van der Waals surface area contributed by atoms with Crippen LogP contribution in [0.25, 0.3) is 16.7 Å². The molecule has 0 aliphatic rings. The van der Waals surface area contributed by atoms with Crippen LogP contribution < -0.4 is 10.9 Å². The fourth-order valence-corrected chi connectivity index (χ4v) is 3.08. The highest BCUT2D eigenvalue weighted by Crippen LogP contribution is 2.25. The molecule has 2 heterocycles. The summed E-state index contributed by atoms with van der Waals surface area (Å²) in [7, 11) is 0. The van der Waals surface area contributed by atoms with Gasteiger partial charge in [0.2, 0.25) is 5.69 Å². The molecule has 2 aromatic heterocycles. The number of hydrogen-bond acceptors (Lipinski definition) is 6. The Labute approximate surface area is 179 Å². The van der Waals surface area contributed by atoms with E-state index >= 15 is 0 Å². The normalized spacial score (nSPS) is 10.7. The summed E-state index contributed by atoms with van der Waals surface area (Å²) in [5.41, 5.74) is 0.615. The van der Waals surface area contributed by atoms with Crippen LogP contribution in [0.5, 0.6) is 0 Å². The van der Waals surface area contributed by atoms with E-state index in [4.69, 9.17) is 21.4 Å². The summed E-state index contributed by atoms with van der Waals surface area (Å²) in [4.78, 5) is 45.4. The number of aromatic nitrogens is 4. The van der Waals surface area contributed by atoms with Gasteiger partial charge in [-0.1, -0.05) is 29.8 Å². The van der Waals surface area contributed by atoms with Gasteiger partial charge in [-0.2, -0.15) is 0 Å². The topological polar surface area (TPSA) is 139 Å². The number of carbonyl (C=O) groups excluding carboxylic acids is 1. The Balaban J connectivity index is 1.53. The average Bonchev–Trinajstić information content (AvgIpc) is 3.21. The highest BCUT2D eigenvalue weighted by Gasteiger charge is 2.15. The van der Waals surface area contributed by atoms with Gasteiger partial charge in [-0.15, -0.1) is 0 Å². The fraction of sp³-hybridized carbons (Fsp3) is 0.0500. The third-order valence-electron chi connectivity index (χ3n) is 4.25. The Morgan fingerprint density at radius 3 is 2.74 bits per heavy atom. The van der Waals surface area contributed by atoms with Crippen LogP contribution in [0.1, 0.15) is 16.2 Å². The van der Waals surface area contributed by atoms with Gasteiger partial charge in [-0.3, -0.25) is 10.1 Å². The summed E-state index contributed by atoms with van der Waals surface area (Å²) >= 11 is 6.31. The number of fused-ring (bicyclic) bond motifs is 1. The highest BCUT2D eigenvalue weighted by molar-refractivity contribution is 6.33. The molecule has 0 fully saturated rings. The zero-order valence-electron chi connectivity index (χ0n) is 15.7. The van der Waals surface area contributed by atoms with Crippen LogP contribution in [0.3, 0.4) is 0 Å². The lowest BCUT2D eigenvalue weighted by Crippen LogP contribution is -2.19. The van der Waals surface area contributed by atoms with Crippen molar-refractivity contribution in [1.82, 2.24) is 19.5 Å². The number of aromatic amines is 1. The van der Waals surface area contributed by atoms with Crippen LogP contribution in [0.4, 0.5) is 10.5 Å². The van der Waals surface area contributed by atoms with Crippen molar-refractivity contribution < 1.29 is 19.4 Å². The molecule has 10 nitrogen and oxygen atoms in total. The van der Waals surface area contributed by atoms with E-state index in [0.717, 1.165) is 0 Å². The monoisotopic (exact) mass is 439 g/mol. The smallest absolute Gasteiger partial charge is 0.412 e. The lowest BCUT2D eigenvalue weighted by Gasteiger charge is -2.08. The molecule has 0 saturated carbocycles. The molecule has 3 N–H and O–H groups in total. The molecule has 31 heavy (non-hydrogen) atoms. The van der Waals surface area contributed by atoms with Gasteiger partial charge < -0.3 is 19.4 Å². The quantitative estimate of drug-likeness (QED) is 0.433. The Hall–Kier alpha value is -4.18. The van der Waals surface area contributed by atoms with E-state index in [1.807, 2.05) is 6.07 Å². The van der Waals surface area contributed by atoms with Crippen LogP contribution in [0.2, 0.25) is 5.02 Å². The molecular weight excluding hydrogens is 426 g/mol. The summed E-state index contributed by atoms with van der Waals surface area (Å²) in [6.45, 7) is -0.0778. The maximum Gasteiger partial charge on any atom is 0.412 e. The maximum absolute atomic E-state index is 11.9. The average molecular weight is 440 g/mol. The highest BCUT2D eigenvalue weighted by atomic mass is 35.5. The number of aromatic carboxylic acids is 1. The third-order valence-corrected chi connectivity index (χ3v) is 4.55. The minimum Gasteiger partial charge on any atom is -0.476 e. The minimum absolute atomic E-state index is 0.0778. The van der Waals surface area contributed by atoms with Crippen LogP contribution in [-0.4, -0.2) is 36.7 Å². The van der Waals surface area contributed by atoms with Crippen molar-refractivity contribution in [2.24, 2.45) is 0 Å². The molecule has 2 aromatic carbocycles. The molecule has 4 rings (SSSR count). The second kappa shape index (κ2) is 8.28. The minimum atomic E-state index is -1.43. The number of carboxylic acids is 1. The molecule has 0 bridgehead atoms. The first kappa shape index (κ1) is 20.1. The first-order valence-electron chi connectivity index (χ1n) is 8.89. The number of hydrogen-bond donors (Lipinski definition) is 3. The first-order chi connectivity index (χ1) is 14.9. The lowest BCUT2D eigenvalue weighted by molar-refractivity contribution is 0.0688. The second-order valence-electron chi connectivity index (χ2n) is 6.38. The van der Waals surface area contributed by atoms with Gasteiger partial charge in [0.05, 0.1) is 33.8 Å². The first-order valence-corrected chi connectivity index (χ1v) is 9.27. The lowest BCUT2D eigenvalue weighted by atomic mass is 10.2. The SMILES string of the molecule is O=C(Nc1ccccc1)OCc1cn(-c2cc3nc(C(=O)O)c(=O)[nH]c3cc2Cl)cn1. The third kappa shape index (κ3) is 4.38. The number of para-hydroxylation sites is 1. The van der Waals surface area contributed by atoms with E-state index in [1.54, 1.807) is 35.0 Å². The predicted octanol–water partition coefficient (Wildman–Crippen LogP) is 3.21. The number of H-pyrrole nitrogens is 1. The molecule has 0 unspecified atom stereocenters. The number of benzene rings is 2. The molecule has 0 aliphatic heterocycles. The molecule has 1 amide bonds. The maximum atomic E-state index is 11.9. The Morgan fingerprint density at radius 2 is 2.00 bits per heavy atom. The number of nitrogens with zero attached hydrogens (tertiary/aromatic N) is 3. The van der Waals surface area contributed by atoms with E-state index in [-0.39, 0.29) is 17.1 Å². The van der Waals surface area contributed by atoms with Crippen LogP contribution in [0.15, 0.2) is 59.8 Å². The standard InChI is InChI=1S/C20H14ClN5O5/c21-13-6-14-15(24-17(19(28)29)18(27)25-14)7-16(13)26-8-12(22-10-26)9-31-20(30)23-11-4-2-1-3-5-11/h1-8,10H,9H2,(H,23,30)(H,25,27)(H,28,29). The molecule has 4 aromatic rings. The number of halogens is 1. The van der Waals surface area contributed by atoms with Gasteiger partial charge >= 0.3 is 12.1 Å². The molecule has 0 atom stereocenters. The van der Waals surface area contributed by atoms with E-state index in [2.05, 4.69) is 20.3 Å². The van der Waals surface area contributed by atoms with Crippen molar-refractivity contribution in [1.29, 1.82) is 0 Å². The summed E-state index contributed by atoms with van der Waals surface area (Å²) in [5.74, 6) is -1.43. The number of anilines is 1. The van der Waals surface area contributed by atoms with E-state index in [1.165, 1.54) is 18.5 Å². The molecule has 0 aliphatic carbocycles. The number of carboxylic acid groups (broad SMARTS) is 1. The summed E-state index contributed by atoms with van der Waals surface area (Å²) < 4.78 is 6.73. The molecule has 0 spiro atoms. The van der Waals surface area contributed by atoms with Crippen molar-refractivity contribution in [3.8, 4) is 5.69 Å². The number of imidazole rings is 1. The van der Waals surface area contributed by atoms with Crippen molar-refractivity contribution >= 4 is 40.4 Å². The largest absolute Gasteiger partial charge is 0.476 e. The van der Waals surface area contributed by atoms with E-state index in [0.29, 0.717) is 22.6 Å². The summed E-state index contributed by atoms with van der Waals surface area (Å²) in [6.07, 6.45) is 2.44. The number of nitrogens with one attached hydrogen (secondary N) is 2. The van der Waals surface area contributed by atoms with Crippen LogP contribution in [0, 0.1) is 0 Å². The van der Waals surface area contributed by atoms with Crippen LogP contribution in [-0.2, 0) is 11.3 Å². The van der Waals surface area contributed by atoms with Crippen molar-refractivity contribution in [2.75, 3.05) is 5.32 Å². The Kier molecular flexibility index (Phi) is 5.37. The molecule has 0 radical (unpaired) electrons. The molecule has 0 saturated heterocycles. The predicted molar refractivity (Wildman–Crippen MR) is 112 cm³/mol. The van der Waals surface area contributed by atoms with Crippen molar-refractivity contribution in [3.63, 3.8) is 0 Å². The zero-order chi connectivity index (χ0) is 22.0. The number of ether oxygens (including phenoxy) is 1. The van der Waals surface area contributed by atoms with Gasteiger partial charge in [-0.25, -0.2) is 19.6 Å². The van der Waals surface area contributed by atoms with Crippen molar-refractivity contribution in [2.45, 2.75) is 6.61 Å².